The minimum atomic E-state index is -0.305. The molecule has 168 valence electrons. The molecule has 0 aliphatic carbocycles. The molecule has 1 unspecified atom stereocenters. The summed E-state index contributed by atoms with van der Waals surface area (Å²) in [4.78, 5) is 12.3. The molecule has 0 saturated heterocycles. The van der Waals surface area contributed by atoms with Gasteiger partial charge in [0.25, 0.3) is 5.91 Å². The summed E-state index contributed by atoms with van der Waals surface area (Å²) in [7, 11) is 0. The van der Waals surface area contributed by atoms with E-state index in [0.717, 1.165) is 24.3 Å². The second-order valence-corrected chi connectivity index (χ2v) is 8.03. The Bertz CT molecular complexity index is 811. The Hall–Kier alpha value is -2.00. The predicted octanol–water partition coefficient (Wildman–Crippen LogP) is 6.15. The first kappa shape index (κ1) is 25.3. The van der Waals surface area contributed by atoms with Crippen molar-refractivity contribution in [1.82, 2.24) is 5.32 Å². The third-order valence-electron chi connectivity index (χ3n) is 5.55. The third-order valence-corrected chi connectivity index (χ3v) is 5.55. The maximum Gasteiger partial charge on any atom is 0.255 e. The van der Waals surface area contributed by atoms with Gasteiger partial charge in [-0.3, -0.25) is 4.79 Å². The summed E-state index contributed by atoms with van der Waals surface area (Å²) < 4.78 is 5.86. The van der Waals surface area contributed by atoms with Crippen LogP contribution in [0.3, 0.4) is 0 Å². The number of amides is 1. The van der Waals surface area contributed by atoms with Crippen LogP contribution in [0.4, 0.5) is 5.69 Å². The fourth-order valence-corrected chi connectivity index (χ4v) is 3.77. The number of nitrogens with one attached hydrogen (secondary N) is 2. The third kappa shape index (κ3) is 7.88. The molecule has 31 heavy (non-hydrogen) atoms. The Balaban J connectivity index is 0.00000341. The van der Waals surface area contributed by atoms with Crippen LogP contribution in [0.25, 0.3) is 0 Å². The molecule has 2 aromatic carbocycles. The number of carbonyl (C=O) groups is 1. The normalized spacial score (nSPS) is 14.7. The van der Waals surface area contributed by atoms with E-state index in [1.54, 1.807) is 12.1 Å². The SMILES string of the molecule is CCCCCCCCCCCOc1ccc(C2NC(=O)c3cc(O)ccc3N2)cc1.[W]. The van der Waals surface area contributed by atoms with Crippen LogP contribution in [0.5, 0.6) is 11.5 Å². The van der Waals surface area contributed by atoms with E-state index in [9.17, 15) is 9.90 Å². The molecular formula is C25H34N2O3W. The van der Waals surface area contributed by atoms with Crippen molar-refractivity contribution in [3.63, 3.8) is 0 Å². The van der Waals surface area contributed by atoms with Crippen LogP contribution >= 0.6 is 0 Å². The predicted molar refractivity (Wildman–Crippen MR) is 121 cm³/mol. The van der Waals surface area contributed by atoms with Gasteiger partial charge < -0.3 is 20.5 Å². The van der Waals surface area contributed by atoms with Gasteiger partial charge in [-0.15, -0.1) is 0 Å². The van der Waals surface area contributed by atoms with Crippen LogP contribution in [-0.4, -0.2) is 17.6 Å². The number of hydrogen-bond donors (Lipinski definition) is 3. The zero-order valence-electron chi connectivity index (χ0n) is 18.4. The number of ether oxygens (including phenoxy) is 1. The molecule has 0 radical (unpaired) electrons. The average Bonchev–Trinajstić information content (AvgIpc) is 2.76. The summed E-state index contributed by atoms with van der Waals surface area (Å²) in [6, 6.07) is 12.6. The van der Waals surface area contributed by atoms with Gasteiger partial charge in [-0.1, -0.05) is 70.4 Å². The van der Waals surface area contributed by atoms with Crippen molar-refractivity contribution in [3.8, 4) is 11.5 Å². The first-order valence-electron chi connectivity index (χ1n) is 11.3. The molecule has 2 aromatic rings. The molecule has 3 rings (SSSR count). The number of hydrogen-bond acceptors (Lipinski definition) is 4. The number of benzene rings is 2. The van der Waals surface area contributed by atoms with Crippen LogP contribution in [-0.2, 0) is 21.1 Å². The molecule has 6 heteroatoms. The Labute approximate surface area is 200 Å². The number of carbonyl (C=O) groups excluding carboxylic acids is 1. The fourth-order valence-electron chi connectivity index (χ4n) is 3.77. The molecule has 1 heterocycles. The summed E-state index contributed by atoms with van der Waals surface area (Å²) >= 11 is 0. The summed E-state index contributed by atoms with van der Waals surface area (Å²) in [6.45, 7) is 2.99. The Morgan fingerprint density at radius 3 is 2.19 bits per heavy atom. The van der Waals surface area contributed by atoms with Crippen molar-refractivity contribution in [1.29, 1.82) is 0 Å². The van der Waals surface area contributed by atoms with E-state index >= 15 is 0 Å². The maximum absolute atomic E-state index is 12.3. The van der Waals surface area contributed by atoms with E-state index in [4.69, 9.17) is 4.74 Å². The summed E-state index contributed by atoms with van der Waals surface area (Å²) in [6.07, 6.45) is 11.4. The zero-order valence-corrected chi connectivity index (χ0v) is 21.3. The number of phenols is 1. The van der Waals surface area contributed by atoms with Gasteiger partial charge in [0.1, 0.15) is 17.7 Å². The van der Waals surface area contributed by atoms with E-state index in [1.807, 2.05) is 24.3 Å². The monoisotopic (exact) mass is 594 g/mol. The first-order chi connectivity index (χ1) is 14.7. The molecule has 0 saturated carbocycles. The largest absolute Gasteiger partial charge is 0.508 e. The van der Waals surface area contributed by atoms with Crippen LogP contribution in [0.2, 0.25) is 0 Å². The molecular weight excluding hydrogens is 560 g/mol. The van der Waals surface area contributed by atoms with Gasteiger partial charge in [0.05, 0.1) is 12.2 Å². The quantitative estimate of drug-likeness (QED) is 0.204. The molecule has 3 N–H and O–H groups in total. The number of rotatable bonds is 12. The van der Waals surface area contributed by atoms with Gasteiger partial charge in [-0.05, 0) is 42.3 Å². The van der Waals surface area contributed by atoms with Crippen molar-refractivity contribution in [2.75, 3.05) is 11.9 Å². The number of anilines is 1. The van der Waals surface area contributed by atoms with Crippen LogP contribution in [0.1, 0.15) is 86.8 Å². The van der Waals surface area contributed by atoms with Crippen LogP contribution < -0.4 is 15.4 Å². The Morgan fingerprint density at radius 1 is 0.871 bits per heavy atom. The Kier molecular flexibility index (Phi) is 10.9. The molecule has 5 nitrogen and oxygen atoms in total. The minimum Gasteiger partial charge on any atom is -0.508 e. The molecule has 1 amide bonds. The van der Waals surface area contributed by atoms with E-state index in [-0.39, 0.29) is 38.9 Å². The first-order valence-corrected chi connectivity index (χ1v) is 11.3. The maximum atomic E-state index is 12.3. The molecule has 0 aromatic heterocycles. The van der Waals surface area contributed by atoms with Crippen LogP contribution in [0.15, 0.2) is 42.5 Å². The molecule has 0 spiro atoms. The zero-order chi connectivity index (χ0) is 21.2. The molecule has 0 bridgehead atoms. The van der Waals surface area contributed by atoms with Gasteiger partial charge in [0.15, 0.2) is 0 Å². The summed E-state index contributed by atoms with van der Waals surface area (Å²) in [5.41, 5.74) is 2.12. The molecule has 1 aliphatic rings. The number of fused-ring (bicyclic) bond motifs is 1. The topological polar surface area (TPSA) is 70.6 Å². The van der Waals surface area contributed by atoms with Gasteiger partial charge in [0.2, 0.25) is 0 Å². The van der Waals surface area contributed by atoms with Crippen molar-refractivity contribution in [2.24, 2.45) is 0 Å². The number of aromatic hydroxyl groups is 1. The smallest absolute Gasteiger partial charge is 0.255 e. The van der Waals surface area contributed by atoms with Gasteiger partial charge in [0, 0.05) is 26.8 Å². The number of phenolic OH excluding ortho intramolecular Hbond substituents is 1. The molecule has 1 atom stereocenters. The second kappa shape index (κ2) is 13.4. The van der Waals surface area contributed by atoms with E-state index in [0.29, 0.717) is 11.3 Å². The van der Waals surface area contributed by atoms with Crippen molar-refractivity contribution in [2.45, 2.75) is 70.9 Å². The van der Waals surface area contributed by atoms with Crippen LogP contribution in [0, 0.1) is 0 Å². The van der Waals surface area contributed by atoms with E-state index in [2.05, 4.69) is 17.6 Å². The van der Waals surface area contributed by atoms with Crippen molar-refractivity contribution >= 4 is 11.6 Å². The average molecular weight is 594 g/mol. The van der Waals surface area contributed by atoms with Gasteiger partial charge in [-0.2, -0.15) is 0 Å². The summed E-state index contributed by atoms with van der Waals surface area (Å²) in [5.74, 6) is 0.735. The minimum absolute atomic E-state index is 0. The van der Waals surface area contributed by atoms with Crippen molar-refractivity contribution < 1.29 is 35.7 Å². The van der Waals surface area contributed by atoms with E-state index < -0.39 is 0 Å². The Morgan fingerprint density at radius 2 is 1.52 bits per heavy atom. The van der Waals surface area contributed by atoms with Gasteiger partial charge >= 0.3 is 0 Å². The molecule has 0 fully saturated rings. The molecule has 1 aliphatic heterocycles. The van der Waals surface area contributed by atoms with Crippen molar-refractivity contribution in [3.05, 3.63) is 53.6 Å². The van der Waals surface area contributed by atoms with E-state index in [1.165, 1.54) is 57.4 Å². The second-order valence-electron chi connectivity index (χ2n) is 8.03. The summed E-state index contributed by atoms with van der Waals surface area (Å²) in [5, 5.41) is 15.8. The van der Waals surface area contributed by atoms with Gasteiger partial charge in [-0.25, -0.2) is 0 Å². The fraction of sp³-hybridized carbons (Fsp3) is 0.480. The number of unbranched alkanes of at least 4 members (excludes halogenated alkanes) is 8. The standard InChI is InChI=1S/C25H34N2O3.W/c1-2-3-4-5-6-7-8-9-10-17-30-21-14-11-19(12-15-21)24-26-23-16-13-20(28)18-22(23)25(29)27-24;/h11-16,18,24,26,28H,2-10,17H2,1H3,(H,27,29);.